The largest absolute Gasteiger partial charge is 0.480 e. The molecule has 10 N–H and O–H groups in total. The van der Waals surface area contributed by atoms with Crippen molar-refractivity contribution in [3.8, 4) is 0 Å². The molecule has 0 aromatic rings. The minimum atomic E-state index is -1.57. The van der Waals surface area contributed by atoms with Crippen LogP contribution in [0.25, 0.3) is 0 Å². The summed E-state index contributed by atoms with van der Waals surface area (Å²) >= 11 is 0. The maximum Gasteiger partial charge on any atom is 0.328 e. The second kappa shape index (κ2) is 13.9. The highest BCUT2D eigenvalue weighted by molar-refractivity contribution is 5.94. The van der Waals surface area contributed by atoms with Crippen LogP contribution in [0.1, 0.15) is 47.0 Å². The fraction of sp³-hybridized carbons (Fsp3) is 0.789. The summed E-state index contributed by atoms with van der Waals surface area (Å²) in [5.74, 6) is -3.95. The van der Waals surface area contributed by atoms with E-state index >= 15 is 0 Å². The van der Waals surface area contributed by atoms with Crippen molar-refractivity contribution in [3.63, 3.8) is 0 Å². The van der Waals surface area contributed by atoms with Gasteiger partial charge in [0, 0.05) is 0 Å². The van der Waals surface area contributed by atoms with Gasteiger partial charge in [-0.2, -0.15) is 0 Å². The van der Waals surface area contributed by atoms with Gasteiger partial charge in [-0.1, -0.05) is 13.8 Å². The first-order chi connectivity index (χ1) is 14.3. The Labute approximate surface area is 182 Å². The van der Waals surface area contributed by atoms with Gasteiger partial charge >= 0.3 is 5.97 Å². The molecule has 0 bridgehead atoms. The molecule has 3 amide bonds. The van der Waals surface area contributed by atoms with Crippen LogP contribution in [0.3, 0.4) is 0 Å². The Balaban J connectivity index is 5.44. The molecular weight excluding hydrogens is 410 g/mol. The highest BCUT2D eigenvalue weighted by Gasteiger charge is 2.33. The van der Waals surface area contributed by atoms with E-state index < -0.39 is 60.1 Å². The topological polar surface area (TPSA) is 217 Å². The van der Waals surface area contributed by atoms with Gasteiger partial charge in [-0.3, -0.25) is 14.4 Å². The van der Waals surface area contributed by atoms with E-state index in [0.717, 1.165) is 0 Å². The van der Waals surface area contributed by atoms with Crippen LogP contribution in [0.2, 0.25) is 0 Å². The number of hydrogen-bond acceptors (Lipinski definition) is 8. The molecule has 6 unspecified atom stereocenters. The van der Waals surface area contributed by atoms with E-state index in [1.54, 1.807) is 13.8 Å². The van der Waals surface area contributed by atoms with Gasteiger partial charge in [0.1, 0.15) is 12.1 Å². The molecule has 0 aliphatic carbocycles. The van der Waals surface area contributed by atoms with Crippen molar-refractivity contribution in [1.29, 1.82) is 0 Å². The van der Waals surface area contributed by atoms with Crippen molar-refractivity contribution in [2.45, 2.75) is 83.3 Å². The van der Waals surface area contributed by atoms with Crippen molar-refractivity contribution in [3.05, 3.63) is 0 Å². The Morgan fingerprint density at radius 2 is 1.32 bits per heavy atom. The molecule has 12 nitrogen and oxygen atoms in total. The number of rotatable bonds is 14. The number of amides is 3. The number of hydrogen-bond donors (Lipinski definition) is 8. The zero-order valence-corrected chi connectivity index (χ0v) is 18.5. The summed E-state index contributed by atoms with van der Waals surface area (Å²) in [5.41, 5.74) is 11.2. The lowest BCUT2D eigenvalue weighted by molar-refractivity contribution is -0.145. The summed E-state index contributed by atoms with van der Waals surface area (Å²) in [6, 6.07) is -5.02. The van der Waals surface area contributed by atoms with E-state index in [-0.39, 0.29) is 12.3 Å². The molecule has 0 aromatic heterocycles. The van der Waals surface area contributed by atoms with Gasteiger partial charge in [-0.05, 0) is 45.6 Å². The summed E-state index contributed by atoms with van der Waals surface area (Å²) in [5, 5.41) is 35.7. The highest BCUT2D eigenvalue weighted by atomic mass is 16.4. The zero-order chi connectivity index (χ0) is 24.3. The van der Waals surface area contributed by atoms with E-state index in [2.05, 4.69) is 16.0 Å². The third kappa shape index (κ3) is 10.0. The minimum Gasteiger partial charge on any atom is -0.480 e. The van der Waals surface area contributed by atoms with Crippen LogP contribution in [0, 0.1) is 5.92 Å². The average Bonchev–Trinajstić information content (AvgIpc) is 2.67. The average molecular weight is 448 g/mol. The molecule has 6 atom stereocenters. The number of carboxylic acid groups (broad SMARTS) is 1. The van der Waals surface area contributed by atoms with Crippen molar-refractivity contribution in [1.82, 2.24) is 16.0 Å². The van der Waals surface area contributed by atoms with E-state index in [9.17, 15) is 29.4 Å². The Morgan fingerprint density at radius 3 is 1.74 bits per heavy atom. The standard InChI is InChI=1S/C19H37N5O7/c1-9(2)13(21)17(28)23-14(10(3)25)18(29)22-12(7-5-6-8-20)16(27)24-15(11(4)26)19(30)31/h9-15,25-26H,5-8,20-21H2,1-4H3,(H,22,29)(H,23,28)(H,24,27)(H,30,31). The molecule has 0 radical (unpaired) electrons. The van der Waals surface area contributed by atoms with Crippen LogP contribution < -0.4 is 27.4 Å². The summed E-state index contributed by atoms with van der Waals surface area (Å²) in [7, 11) is 0. The van der Waals surface area contributed by atoms with E-state index in [1.807, 2.05) is 0 Å². The number of carboxylic acids is 1. The van der Waals surface area contributed by atoms with Crippen molar-refractivity contribution < 1.29 is 34.5 Å². The Hall–Kier alpha value is -2.28. The quantitative estimate of drug-likeness (QED) is 0.131. The summed E-state index contributed by atoms with van der Waals surface area (Å²) in [6.07, 6.45) is -1.53. The SMILES string of the molecule is CC(C)C(N)C(=O)NC(C(=O)NC(CCCCN)C(=O)NC(C(=O)O)C(C)O)C(C)O. The number of aliphatic carboxylic acids is 1. The van der Waals surface area contributed by atoms with E-state index in [1.165, 1.54) is 13.8 Å². The fourth-order valence-corrected chi connectivity index (χ4v) is 2.62. The number of nitrogens with two attached hydrogens (primary N) is 2. The van der Waals surface area contributed by atoms with E-state index in [0.29, 0.717) is 19.4 Å². The van der Waals surface area contributed by atoms with Gasteiger partial charge in [0.15, 0.2) is 6.04 Å². The monoisotopic (exact) mass is 447 g/mol. The maximum absolute atomic E-state index is 12.7. The summed E-state index contributed by atoms with van der Waals surface area (Å²) in [6.45, 7) is 6.30. The molecule has 31 heavy (non-hydrogen) atoms. The first kappa shape index (κ1) is 28.7. The molecule has 12 heteroatoms. The van der Waals surface area contributed by atoms with Crippen LogP contribution >= 0.6 is 0 Å². The zero-order valence-electron chi connectivity index (χ0n) is 18.5. The first-order valence-corrected chi connectivity index (χ1v) is 10.3. The van der Waals surface area contributed by atoms with Crippen molar-refractivity contribution >= 4 is 23.7 Å². The molecule has 0 rings (SSSR count). The van der Waals surface area contributed by atoms with Gasteiger partial charge in [-0.15, -0.1) is 0 Å². The number of carbonyl (C=O) groups is 4. The van der Waals surface area contributed by atoms with Gasteiger partial charge in [0.25, 0.3) is 0 Å². The number of carbonyl (C=O) groups excluding carboxylic acids is 3. The second-order valence-electron chi connectivity index (χ2n) is 7.91. The Kier molecular flexibility index (Phi) is 12.9. The van der Waals surface area contributed by atoms with Crippen LogP contribution in [0.4, 0.5) is 0 Å². The van der Waals surface area contributed by atoms with Crippen molar-refractivity contribution in [2.24, 2.45) is 17.4 Å². The predicted molar refractivity (Wildman–Crippen MR) is 113 cm³/mol. The second-order valence-corrected chi connectivity index (χ2v) is 7.91. The molecule has 0 saturated carbocycles. The number of unbranched alkanes of at least 4 members (excludes halogenated alkanes) is 1. The normalized spacial score (nSPS) is 17.1. The lowest BCUT2D eigenvalue weighted by atomic mass is 10.0. The van der Waals surface area contributed by atoms with Crippen LogP contribution in [0.15, 0.2) is 0 Å². The Bertz CT molecular complexity index is 612. The van der Waals surface area contributed by atoms with Gasteiger partial charge < -0.3 is 42.7 Å². The first-order valence-electron chi connectivity index (χ1n) is 10.3. The van der Waals surface area contributed by atoms with Gasteiger partial charge in [0.2, 0.25) is 17.7 Å². The molecule has 0 heterocycles. The van der Waals surface area contributed by atoms with Gasteiger partial charge in [0.05, 0.1) is 18.2 Å². The number of aliphatic hydroxyl groups excluding tert-OH is 2. The molecule has 0 aromatic carbocycles. The lowest BCUT2D eigenvalue weighted by Crippen LogP contribution is -2.60. The summed E-state index contributed by atoms with van der Waals surface area (Å²) < 4.78 is 0. The van der Waals surface area contributed by atoms with Crippen LogP contribution in [-0.2, 0) is 19.2 Å². The highest BCUT2D eigenvalue weighted by Crippen LogP contribution is 2.06. The molecule has 0 spiro atoms. The van der Waals surface area contributed by atoms with Gasteiger partial charge in [-0.25, -0.2) is 4.79 Å². The third-order valence-electron chi connectivity index (χ3n) is 4.71. The fourth-order valence-electron chi connectivity index (χ4n) is 2.62. The molecule has 0 saturated heterocycles. The lowest BCUT2D eigenvalue weighted by Gasteiger charge is -2.27. The van der Waals surface area contributed by atoms with Crippen molar-refractivity contribution in [2.75, 3.05) is 6.54 Å². The smallest absolute Gasteiger partial charge is 0.328 e. The third-order valence-corrected chi connectivity index (χ3v) is 4.71. The minimum absolute atomic E-state index is 0.132. The number of aliphatic hydroxyl groups is 2. The maximum atomic E-state index is 12.7. The van der Waals surface area contributed by atoms with E-state index in [4.69, 9.17) is 16.6 Å². The molecule has 0 aliphatic heterocycles. The molecule has 0 aliphatic rings. The van der Waals surface area contributed by atoms with Crippen LogP contribution in [-0.4, -0.2) is 81.9 Å². The summed E-state index contributed by atoms with van der Waals surface area (Å²) in [4.78, 5) is 48.8. The predicted octanol–water partition coefficient (Wildman–Crippen LogP) is -2.60. The Morgan fingerprint density at radius 1 is 0.806 bits per heavy atom. The molecule has 0 fully saturated rings. The van der Waals surface area contributed by atoms with Crippen LogP contribution in [0.5, 0.6) is 0 Å². The molecular formula is C19H37N5O7. The number of nitrogens with one attached hydrogen (secondary N) is 3. The molecule has 180 valence electrons.